The van der Waals surface area contributed by atoms with Gasteiger partial charge in [0.1, 0.15) is 30.2 Å². The van der Waals surface area contributed by atoms with Gasteiger partial charge in [-0.05, 0) is 56.4 Å². The van der Waals surface area contributed by atoms with E-state index < -0.39 is 109 Å². The highest BCUT2D eigenvalue weighted by atomic mass is 16.4. The molecule has 7 amide bonds. The second-order valence-corrected chi connectivity index (χ2v) is 13.6. The normalized spacial score (nSPS) is 14.7. The largest absolute Gasteiger partial charge is 0.480 e. The van der Waals surface area contributed by atoms with Gasteiger partial charge < -0.3 is 59.3 Å². The van der Waals surface area contributed by atoms with Crippen LogP contribution in [0.1, 0.15) is 80.1 Å². The molecule has 0 aliphatic carbocycles. The van der Waals surface area contributed by atoms with Crippen LogP contribution in [-0.2, 0) is 38.4 Å². The Labute approximate surface area is 298 Å². The van der Waals surface area contributed by atoms with Crippen LogP contribution in [0.5, 0.6) is 0 Å². The Morgan fingerprint density at radius 2 is 1.16 bits per heavy atom. The number of aliphatic hydroxyl groups excluding tert-OH is 1. The first-order valence-electron chi connectivity index (χ1n) is 17.1. The molecule has 0 rings (SSSR count). The molecule has 0 spiro atoms. The van der Waals surface area contributed by atoms with Gasteiger partial charge in [-0.3, -0.25) is 33.6 Å². The number of aliphatic hydroxyl groups is 1. The van der Waals surface area contributed by atoms with Crippen LogP contribution < -0.4 is 49.1 Å². The molecule has 0 bridgehead atoms. The lowest BCUT2D eigenvalue weighted by Crippen LogP contribution is -2.59. The van der Waals surface area contributed by atoms with Gasteiger partial charge in [0, 0.05) is 0 Å². The zero-order chi connectivity index (χ0) is 39.4. The summed E-state index contributed by atoms with van der Waals surface area (Å²) in [6, 6.07) is -7.45. The zero-order valence-electron chi connectivity index (χ0n) is 30.5. The molecule has 6 atom stereocenters. The molecule has 0 aromatic carbocycles. The van der Waals surface area contributed by atoms with E-state index in [2.05, 4.69) is 31.9 Å². The Morgan fingerprint density at radius 1 is 0.647 bits per heavy atom. The van der Waals surface area contributed by atoms with Crippen LogP contribution in [0.15, 0.2) is 0 Å². The quantitative estimate of drug-likeness (QED) is 0.0412. The fraction of sp³-hybridized carbons (Fsp3) is 0.750. The maximum Gasteiger partial charge on any atom is 0.326 e. The molecule has 292 valence electrons. The number of amides is 7. The number of carbonyl (C=O) groups is 8. The molecule has 6 unspecified atom stereocenters. The number of hydrogen-bond donors (Lipinski definition) is 11. The number of carboxylic acid groups (broad SMARTS) is 1. The Morgan fingerprint density at radius 3 is 1.63 bits per heavy atom. The number of aliphatic carboxylic acids is 1. The van der Waals surface area contributed by atoms with Crippen LogP contribution >= 0.6 is 0 Å². The monoisotopic (exact) mass is 729 g/mol. The highest BCUT2D eigenvalue weighted by Gasteiger charge is 2.33. The molecule has 0 aromatic heterocycles. The van der Waals surface area contributed by atoms with Crippen LogP contribution in [0.2, 0.25) is 0 Å². The molecule has 51 heavy (non-hydrogen) atoms. The zero-order valence-corrected chi connectivity index (χ0v) is 30.5. The van der Waals surface area contributed by atoms with Crippen molar-refractivity contribution < 1.29 is 48.6 Å². The Kier molecular flexibility index (Phi) is 21.9. The first-order valence-corrected chi connectivity index (χ1v) is 17.1. The van der Waals surface area contributed by atoms with Gasteiger partial charge in [0.2, 0.25) is 41.4 Å². The Hall–Kier alpha value is -4.36. The van der Waals surface area contributed by atoms with Gasteiger partial charge >= 0.3 is 5.97 Å². The van der Waals surface area contributed by atoms with Crippen molar-refractivity contribution in [2.24, 2.45) is 35.0 Å². The van der Waals surface area contributed by atoms with Crippen LogP contribution in [0.25, 0.3) is 0 Å². The van der Waals surface area contributed by atoms with Crippen molar-refractivity contribution in [3.63, 3.8) is 0 Å². The third kappa shape index (κ3) is 19.0. The van der Waals surface area contributed by atoms with E-state index in [1.165, 1.54) is 0 Å². The molecular formula is C32H59N9O10. The number of rotatable bonds is 25. The summed E-state index contributed by atoms with van der Waals surface area (Å²) in [5, 5.41) is 33.8. The molecular weight excluding hydrogens is 670 g/mol. The van der Waals surface area contributed by atoms with E-state index >= 15 is 0 Å². The van der Waals surface area contributed by atoms with Gasteiger partial charge in [0.25, 0.3) is 0 Å². The molecule has 0 radical (unpaired) electrons. The van der Waals surface area contributed by atoms with Crippen molar-refractivity contribution in [1.82, 2.24) is 31.9 Å². The number of nitrogens with one attached hydrogen (secondary N) is 6. The topological polar surface area (TPSA) is 327 Å². The second kappa shape index (κ2) is 23.9. The summed E-state index contributed by atoms with van der Waals surface area (Å²) in [5.74, 6) is -7.47. The number of primary amides is 1. The number of carboxylic acids is 1. The van der Waals surface area contributed by atoms with Crippen LogP contribution in [0.3, 0.4) is 0 Å². The molecule has 0 heterocycles. The van der Waals surface area contributed by atoms with Gasteiger partial charge in [0.15, 0.2) is 0 Å². The summed E-state index contributed by atoms with van der Waals surface area (Å²) >= 11 is 0. The molecule has 0 aliphatic heterocycles. The fourth-order valence-electron chi connectivity index (χ4n) is 4.80. The molecule has 0 saturated carbocycles. The van der Waals surface area contributed by atoms with E-state index in [0.717, 1.165) is 0 Å². The van der Waals surface area contributed by atoms with Gasteiger partial charge in [-0.1, -0.05) is 41.5 Å². The van der Waals surface area contributed by atoms with E-state index in [0.29, 0.717) is 19.4 Å². The minimum atomic E-state index is -1.50. The van der Waals surface area contributed by atoms with Crippen molar-refractivity contribution >= 4 is 47.3 Å². The molecule has 14 N–H and O–H groups in total. The molecule has 0 saturated heterocycles. The minimum absolute atomic E-state index is 0.0926. The van der Waals surface area contributed by atoms with Crippen molar-refractivity contribution in [1.29, 1.82) is 0 Å². The van der Waals surface area contributed by atoms with Crippen molar-refractivity contribution in [2.45, 2.75) is 116 Å². The first kappa shape index (κ1) is 46.6. The third-order valence-corrected chi connectivity index (χ3v) is 7.50. The predicted molar refractivity (Wildman–Crippen MR) is 186 cm³/mol. The van der Waals surface area contributed by atoms with Crippen molar-refractivity contribution in [2.75, 3.05) is 19.7 Å². The SMILES string of the molecule is CC(C)CC(NC(=O)CNC(=O)C(CO)NC(=O)C(N)CC(N)=O)C(=O)NC(CC(C)C)C(=O)NC(C(=O)NC(CCCCN)C(=O)O)C(C)C. The Bertz CT molecular complexity index is 1200. The summed E-state index contributed by atoms with van der Waals surface area (Å²) in [7, 11) is 0. The van der Waals surface area contributed by atoms with Crippen molar-refractivity contribution in [3.05, 3.63) is 0 Å². The summed E-state index contributed by atoms with van der Waals surface area (Å²) in [5.41, 5.74) is 16.0. The second-order valence-electron chi connectivity index (χ2n) is 13.6. The number of carbonyl (C=O) groups excluding carboxylic acids is 7. The third-order valence-electron chi connectivity index (χ3n) is 7.50. The number of nitrogens with two attached hydrogens (primary N) is 3. The average molecular weight is 730 g/mol. The fourth-order valence-corrected chi connectivity index (χ4v) is 4.80. The van der Waals surface area contributed by atoms with Gasteiger partial charge in [-0.15, -0.1) is 0 Å². The summed E-state index contributed by atoms with van der Waals surface area (Å²) < 4.78 is 0. The molecule has 0 aliphatic rings. The van der Waals surface area contributed by atoms with Crippen molar-refractivity contribution in [3.8, 4) is 0 Å². The first-order chi connectivity index (χ1) is 23.7. The van der Waals surface area contributed by atoms with Gasteiger partial charge in [0.05, 0.1) is 25.6 Å². The lowest BCUT2D eigenvalue weighted by molar-refractivity contribution is -0.143. The average Bonchev–Trinajstić information content (AvgIpc) is 3.02. The van der Waals surface area contributed by atoms with E-state index in [9.17, 15) is 48.6 Å². The number of hydrogen-bond acceptors (Lipinski definition) is 11. The molecule has 0 fully saturated rings. The van der Waals surface area contributed by atoms with Gasteiger partial charge in [-0.2, -0.15) is 0 Å². The van der Waals surface area contributed by atoms with Crippen LogP contribution in [-0.4, -0.2) is 113 Å². The smallest absolute Gasteiger partial charge is 0.326 e. The summed E-state index contributed by atoms with van der Waals surface area (Å²) in [6.45, 7) is 9.46. The van der Waals surface area contributed by atoms with E-state index in [4.69, 9.17) is 17.2 Å². The predicted octanol–water partition coefficient (Wildman–Crippen LogP) is -3.32. The molecule has 0 aromatic rings. The maximum absolute atomic E-state index is 13.5. The van der Waals surface area contributed by atoms with Crippen LogP contribution in [0.4, 0.5) is 0 Å². The van der Waals surface area contributed by atoms with E-state index in [1.54, 1.807) is 27.7 Å². The molecule has 19 nitrogen and oxygen atoms in total. The lowest BCUT2D eigenvalue weighted by Gasteiger charge is -2.28. The lowest BCUT2D eigenvalue weighted by atomic mass is 9.98. The highest BCUT2D eigenvalue weighted by Crippen LogP contribution is 2.11. The molecule has 19 heteroatoms. The van der Waals surface area contributed by atoms with Gasteiger partial charge in [-0.25, -0.2) is 4.79 Å². The highest BCUT2D eigenvalue weighted by molar-refractivity contribution is 5.96. The number of unbranched alkanes of at least 4 members (excludes halogenated alkanes) is 1. The maximum atomic E-state index is 13.5. The minimum Gasteiger partial charge on any atom is -0.480 e. The summed E-state index contributed by atoms with van der Waals surface area (Å²) in [4.78, 5) is 100. The summed E-state index contributed by atoms with van der Waals surface area (Å²) in [6.07, 6.45) is 1.02. The van der Waals surface area contributed by atoms with E-state index in [1.807, 2.05) is 13.8 Å². The van der Waals surface area contributed by atoms with E-state index in [-0.39, 0.29) is 31.1 Å². The van der Waals surface area contributed by atoms with Crippen LogP contribution in [0, 0.1) is 17.8 Å². The standard InChI is InChI=1S/C32H59N9O10/c1-16(2)11-21(37-25(44)14-36-28(46)23(15-42)40-27(45)19(34)13-24(35)43)29(47)39-22(12-17(3)4)30(48)41-26(18(5)6)31(49)38-20(32(50)51)9-7-8-10-33/h16-23,26,42H,7-15,33-34H2,1-6H3,(H2,35,43)(H,36,46)(H,37,44)(H,38,49)(H,39,47)(H,40,45)(H,41,48)(H,50,51). The Balaban J connectivity index is 5.70.